The maximum absolute atomic E-state index is 13.5. The normalized spacial score (nSPS) is 22.2. The van der Waals surface area contributed by atoms with E-state index in [1.807, 2.05) is 0 Å². The van der Waals surface area contributed by atoms with E-state index in [-0.39, 0.29) is 35.6 Å². The molecular weight excluding hydrogens is 504 g/mol. The third-order valence-electron chi connectivity index (χ3n) is 7.86. The molecular formula is C29H28N2O8. The van der Waals surface area contributed by atoms with Crippen LogP contribution in [0.15, 0.2) is 53.3 Å². The van der Waals surface area contributed by atoms with Gasteiger partial charge in [-0.05, 0) is 47.9 Å². The number of phenols is 1. The van der Waals surface area contributed by atoms with Gasteiger partial charge in [-0.1, -0.05) is 24.3 Å². The van der Waals surface area contributed by atoms with E-state index in [0.717, 1.165) is 5.56 Å². The molecule has 10 heteroatoms. The smallest absolute Gasteiger partial charge is 0.337 e. The van der Waals surface area contributed by atoms with Crippen LogP contribution in [0.1, 0.15) is 45.5 Å². The van der Waals surface area contributed by atoms with E-state index in [1.165, 1.54) is 7.11 Å². The summed E-state index contributed by atoms with van der Waals surface area (Å²) in [6, 6.07) is 10.5. The standard InChI is InChI=1S/C29H28N2O8/c1-39-29(38)14-4-2-13(3-5-14)11-31-12-16-7-6-15-8-17-9-18-10-19(32)23(28(30)37)27(36)22(18)26(35)21(17)25(34)20(15)24(16)33/h2-7,17-18,22,31,33-34,36H,8-12H2,1H3,(H2,30,37). The van der Waals surface area contributed by atoms with Crippen molar-refractivity contribution in [3.8, 4) is 5.75 Å². The number of ether oxygens (including phenoxy) is 1. The topological polar surface area (TPSA) is 176 Å². The summed E-state index contributed by atoms with van der Waals surface area (Å²) in [7, 11) is 1.32. The van der Waals surface area contributed by atoms with Crippen LogP contribution in [0.3, 0.4) is 0 Å². The molecule has 202 valence electrons. The fourth-order valence-corrected chi connectivity index (χ4v) is 6.02. The summed E-state index contributed by atoms with van der Waals surface area (Å²) >= 11 is 0. The van der Waals surface area contributed by atoms with Gasteiger partial charge in [0.2, 0.25) is 0 Å². The van der Waals surface area contributed by atoms with Crippen LogP contribution >= 0.6 is 0 Å². The van der Waals surface area contributed by atoms with Crippen LogP contribution in [0.4, 0.5) is 0 Å². The fraction of sp³-hybridized carbons (Fsp3) is 0.310. The van der Waals surface area contributed by atoms with E-state index >= 15 is 0 Å². The number of nitrogens with two attached hydrogens (primary N) is 1. The summed E-state index contributed by atoms with van der Waals surface area (Å²) in [6.45, 7) is 0.706. The number of Topliss-reactive ketones (excluding diaryl/α,β-unsaturated/α-hetero) is 2. The van der Waals surface area contributed by atoms with Crippen LogP contribution in [0.5, 0.6) is 5.75 Å². The Morgan fingerprint density at radius 1 is 1.03 bits per heavy atom. The molecule has 2 aromatic rings. The van der Waals surface area contributed by atoms with Gasteiger partial charge in [0.1, 0.15) is 22.8 Å². The second-order valence-corrected chi connectivity index (χ2v) is 10.2. The summed E-state index contributed by atoms with van der Waals surface area (Å²) in [4.78, 5) is 49.2. The number of carbonyl (C=O) groups is 4. The van der Waals surface area contributed by atoms with Gasteiger partial charge in [0.05, 0.1) is 24.2 Å². The average molecular weight is 533 g/mol. The summed E-state index contributed by atoms with van der Waals surface area (Å²) in [5.41, 5.74) is 7.48. The number of nitrogens with one attached hydrogen (secondary N) is 1. The second-order valence-electron chi connectivity index (χ2n) is 10.2. The number of rotatable bonds is 6. The van der Waals surface area contributed by atoms with Crippen LogP contribution in [0.2, 0.25) is 0 Å². The minimum Gasteiger partial charge on any atom is -0.511 e. The Bertz CT molecular complexity index is 1470. The number of benzene rings is 2. The molecule has 0 saturated heterocycles. The van der Waals surface area contributed by atoms with E-state index < -0.39 is 52.5 Å². The number of carbonyl (C=O) groups excluding carboxylic acids is 4. The van der Waals surface area contributed by atoms with Gasteiger partial charge in [0.15, 0.2) is 11.6 Å². The molecule has 0 aromatic heterocycles. The summed E-state index contributed by atoms with van der Waals surface area (Å²) in [6.07, 6.45) is 0.645. The highest BCUT2D eigenvalue weighted by atomic mass is 16.5. The Morgan fingerprint density at radius 3 is 2.41 bits per heavy atom. The van der Waals surface area contributed by atoms with Crippen molar-refractivity contribution in [3.05, 3.63) is 81.1 Å². The Kier molecular flexibility index (Phi) is 6.73. The zero-order chi connectivity index (χ0) is 28.0. The number of hydrogen-bond acceptors (Lipinski definition) is 9. The minimum absolute atomic E-state index is 0.0829. The largest absolute Gasteiger partial charge is 0.511 e. The summed E-state index contributed by atoms with van der Waals surface area (Å²) in [5.74, 6) is -5.85. The molecule has 3 aliphatic rings. The molecule has 0 heterocycles. The highest BCUT2D eigenvalue weighted by molar-refractivity contribution is 6.21. The summed E-state index contributed by atoms with van der Waals surface area (Å²) < 4.78 is 4.70. The maximum atomic E-state index is 13.5. The predicted octanol–water partition coefficient (Wildman–Crippen LogP) is 2.39. The van der Waals surface area contributed by atoms with Crippen molar-refractivity contribution >= 4 is 29.2 Å². The lowest BCUT2D eigenvalue weighted by molar-refractivity contribution is -0.127. The third kappa shape index (κ3) is 4.46. The number of aliphatic hydroxyl groups excluding tert-OH is 2. The number of primary amides is 1. The van der Waals surface area contributed by atoms with Crippen molar-refractivity contribution in [3.63, 3.8) is 0 Å². The van der Waals surface area contributed by atoms with E-state index in [1.54, 1.807) is 36.4 Å². The quantitative estimate of drug-likeness (QED) is 0.276. The number of esters is 1. The monoisotopic (exact) mass is 532 g/mol. The second kappa shape index (κ2) is 10.0. The van der Waals surface area contributed by atoms with Gasteiger partial charge >= 0.3 is 5.97 Å². The lowest BCUT2D eigenvalue weighted by Crippen LogP contribution is -2.44. The molecule has 10 nitrogen and oxygen atoms in total. The molecule has 0 spiro atoms. The van der Waals surface area contributed by atoms with E-state index in [9.17, 15) is 34.5 Å². The van der Waals surface area contributed by atoms with Gasteiger partial charge in [0, 0.05) is 30.6 Å². The summed E-state index contributed by atoms with van der Waals surface area (Å²) in [5, 5.41) is 36.2. The lowest BCUT2D eigenvalue weighted by Gasteiger charge is -2.41. The van der Waals surface area contributed by atoms with Gasteiger partial charge in [-0.25, -0.2) is 4.79 Å². The first-order valence-electron chi connectivity index (χ1n) is 12.6. The van der Waals surface area contributed by atoms with Gasteiger partial charge in [-0.3, -0.25) is 14.4 Å². The van der Waals surface area contributed by atoms with Gasteiger partial charge in [0.25, 0.3) is 5.91 Å². The molecule has 0 radical (unpaired) electrons. The molecule has 5 rings (SSSR count). The molecule has 3 atom stereocenters. The van der Waals surface area contributed by atoms with Crippen LogP contribution in [0.25, 0.3) is 5.76 Å². The highest BCUT2D eigenvalue weighted by Gasteiger charge is 2.50. The number of hydrogen-bond donors (Lipinski definition) is 5. The van der Waals surface area contributed by atoms with Crippen molar-refractivity contribution in [2.45, 2.75) is 32.4 Å². The molecule has 3 unspecified atom stereocenters. The number of aromatic hydroxyl groups is 1. The van der Waals surface area contributed by atoms with E-state index in [2.05, 4.69) is 5.32 Å². The molecule has 1 fully saturated rings. The number of phenolic OH excluding ortho intramolecular Hbond substituents is 1. The van der Waals surface area contributed by atoms with Crippen molar-refractivity contribution in [2.24, 2.45) is 23.5 Å². The van der Waals surface area contributed by atoms with Crippen molar-refractivity contribution in [1.82, 2.24) is 5.32 Å². The maximum Gasteiger partial charge on any atom is 0.337 e. The fourth-order valence-electron chi connectivity index (χ4n) is 6.02. The Labute approximate surface area is 223 Å². The Balaban J connectivity index is 1.39. The van der Waals surface area contributed by atoms with Crippen LogP contribution in [-0.4, -0.2) is 45.9 Å². The minimum atomic E-state index is -1.14. The molecule has 1 amide bonds. The molecule has 1 saturated carbocycles. The number of methoxy groups -OCH3 is 1. The van der Waals surface area contributed by atoms with Crippen molar-refractivity contribution in [2.75, 3.05) is 7.11 Å². The predicted molar refractivity (Wildman–Crippen MR) is 138 cm³/mol. The van der Waals surface area contributed by atoms with Gasteiger partial charge in [-0.2, -0.15) is 0 Å². The molecule has 3 aliphatic carbocycles. The SMILES string of the molecule is COC(=O)c1ccc(CNCc2ccc3c(c2O)C(O)=C2C(=O)C4C(O)=C(C(N)=O)C(=O)CC4CC2C3)cc1. The van der Waals surface area contributed by atoms with E-state index in [0.29, 0.717) is 36.1 Å². The Morgan fingerprint density at radius 2 is 1.74 bits per heavy atom. The zero-order valence-corrected chi connectivity index (χ0v) is 21.2. The first kappa shape index (κ1) is 26.2. The number of aliphatic hydroxyl groups is 2. The first-order chi connectivity index (χ1) is 18.6. The third-order valence-corrected chi connectivity index (χ3v) is 7.86. The van der Waals surface area contributed by atoms with Crippen LogP contribution in [0, 0.1) is 17.8 Å². The average Bonchev–Trinajstić information content (AvgIpc) is 2.89. The lowest BCUT2D eigenvalue weighted by atomic mass is 9.61. The highest BCUT2D eigenvalue weighted by Crippen LogP contribution is 2.50. The van der Waals surface area contributed by atoms with Gasteiger partial charge in [-0.15, -0.1) is 0 Å². The molecule has 0 aliphatic heterocycles. The number of amides is 1. The molecule has 0 bridgehead atoms. The van der Waals surface area contributed by atoms with Crippen LogP contribution < -0.4 is 11.1 Å². The Hall–Kier alpha value is -4.44. The van der Waals surface area contributed by atoms with E-state index in [4.69, 9.17) is 10.5 Å². The van der Waals surface area contributed by atoms with Crippen LogP contribution in [-0.2, 0) is 38.6 Å². The van der Waals surface area contributed by atoms with Crippen molar-refractivity contribution in [1.29, 1.82) is 0 Å². The number of ketones is 2. The van der Waals surface area contributed by atoms with Crippen molar-refractivity contribution < 1.29 is 39.2 Å². The molecule has 39 heavy (non-hydrogen) atoms. The zero-order valence-electron chi connectivity index (χ0n) is 21.2. The van der Waals surface area contributed by atoms with Gasteiger partial charge < -0.3 is 31.1 Å². The number of fused-ring (bicyclic) bond motifs is 3. The number of allylic oxidation sites excluding steroid dienone is 2. The molecule has 6 N–H and O–H groups in total. The first-order valence-corrected chi connectivity index (χ1v) is 12.6. The molecule has 2 aromatic carbocycles.